The Morgan fingerprint density at radius 1 is 1.19 bits per heavy atom. The van der Waals surface area contributed by atoms with Crippen LogP contribution in [0.2, 0.25) is 0 Å². The topological polar surface area (TPSA) is 89.1 Å². The van der Waals surface area contributed by atoms with Crippen molar-refractivity contribution in [2.75, 3.05) is 58.0 Å². The van der Waals surface area contributed by atoms with Gasteiger partial charge in [-0.05, 0) is 12.1 Å². The summed E-state index contributed by atoms with van der Waals surface area (Å²) < 4.78 is 16.3. The molecule has 2 aliphatic rings. The molecule has 2 aliphatic heterocycles. The Morgan fingerprint density at radius 3 is 2.77 bits per heavy atom. The Balaban J connectivity index is 1.52. The maximum atomic E-state index is 12.3. The van der Waals surface area contributed by atoms with Crippen molar-refractivity contribution in [2.24, 2.45) is 0 Å². The average Bonchev–Trinajstić information content (AvgIpc) is 2.68. The van der Waals surface area contributed by atoms with Gasteiger partial charge in [0.15, 0.2) is 6.61 Å². The Morgan fingerprint density at radius 2 is 2.00 bits per heavy atom. The van der Waals surface area contributed by atoms with Crippen LogP contribution in [0, 0.1) is 0 Å². The fourth-order valence-electron chi connectivity index (χ4n) is 2.92. The van der Waals surface area contributed by atoms with Gasteiger partial charge in [-0.15, -0.1) is 0 Å². The van der Waals surface area contributed by atoms with Crippen molar-refractivity contribution in [3.8, 4) is 5.75 Å². The number of nitrogens with zero attached hydrogens (tertiary/aromatic N) is 1. The number of para-hydroxylation sites is 2. The van der Waals surface area contributed by atoms with Crippen LogP contribution in [0.15, 0.2) is 24.3 Å². The van der Waals surface area contributed by atoms with E-state index < -0.39 is 0 Å². The van der Waals surface area contributed by atoms with Crippen LogP contribution in [0.4, 0.5) is 5.69 Å². The van der Waals surface area contributed by atoms with Crippen molar-refractivity contribution in [1.29, 1.82) is 0 Å². The van der Waals surface area contributed by atoms with Gasteiger partial charge in [-0.2, -0.15) is 0 Å². The highest BCUT2D eigenvalue weighted by molar-refractivity contribution is 5.92. The number of rotatable bonds is 6. The second-order valence-electron chi connectivity index (χ2n) is 6.26. The molecule has 0 aliphatic carbocycles. The third-order valence-corrected chi connectivity index (χ3v) is 4.31. The van der Waals surface area contributed by atoms with Crippen LogP contribution in [-0.4, -0.2) is 75.4 Å². The largest absolute Gasteiger partial charge is 0.482 e. The number of nitrogens with one attached hydrogen (secondary N) is 2. The summed E-state index contributed by atoms with van der Waals surface area (Å²) in [7, 11) is 0. The quantitative estimate of drug-likeness (QED) is 0.753. The SMILES string of the molecule is O=C(CC1COCCN1)Nc1ccccc1OCC(=O)N1CCOCC1. The standard InChI is InChI=1S/C18H25N3O5/c22-17(11-14-12-25-8-5-19-14)20-15-3-1-2-4-16(15)26-13-18(23)21-6-9-24-10-7-21/h1-4,14,19H,5-13H2,(H,20,22). The fourth-order valence-corrected chi connectivity index (χ4v) is 2.92. The zero-order valence-corrected chi connectivity index (χ0v) is 14.7. The van der Waals surface area contributed by atoms with E-state index in [2.05, 4.69) is 10.6 Å². The highest BCUT2D eigenvalue weighted by Crippen LogP contribution is 2.24. The minimum atomic E-state index is -0.122. The van der Waals surface area contributed by atoms with Crippen molar-refractivity contribution in [3.63, 3.8) is 0 Å². The van der Waals surface area contributed by atoms with Crippen LogP contribution < -0.4 is 15.4 Å². The third kappa shape index (κ3) is 5.42. The highest BCUT2D eigenvalue weighted by atomic mass is 16.5. The molecule has 1 aromatic carbocycles. The van der Waals surface area contributed by atoms with E-state index in [4.69, 9.17) is 14.2 Å². The molecule has 3 rings (SSSR count). The van der Waals surface area contributed by atoms with Gasteiger partial charge in [0.1, 0.15) is 5.75 Å². The zero-order chi connectivity index (χ0) is 18.2. The predicted molar refractivity (Wildman–Crippen MR) is 95.2 cm³/mol. The normalized spacial score (nSPS) is 20.5. The molecule has 2 amide bonds. The molecule has 0 radical (unpaired) electrons. The van der Waals surface area contributed by atoms with Gasteiger partial charge in [-0.3, -0.25) is 9.59 Å². The molecule has 0 saturated carbocycles. The first-order valence-corrected chi connectivity index (χ1v) is 8.90. The second-order valence-corrected chi connectivity index (χ2v) is 6.26. The lowest BCUT2D eigenvalue weighted by Crippen LogP contribution is -2.43. The minimum Gasteiger partial charge on any atom is -0.482 e. The van der Waals surface area contributed by atoms with E-state index in [0.29, 0.717) is 57.4 Å². The van der Waals surface area contributed by atoms with E-state index >= 15 is 0 Å². The molecular weight excluding hydrogens is 338 g/mol. The lowest BCUT2D eigenvalue weighted by Gasteiger charge is -2.27. The molecule has 2 heterocycles. The molecule has 2 N–H and O–H groups in total. The van der Waals surface area contributed by atoms with Crippen molar-refractivity contribution < 1.29 is 23.8 Å². The number of amides is 2. The summed E-state index contributed by atoms with van der Waals surface area (Å²) in [5.41, 5.74) is 0.559. The van der Waals surface area contributed by atoms with Crippen molar-refractivity contribution in [1.82, 2.24) is 10.2 Å². The molecule has 0 aromatic heterocycles. The number of hydrogen-bond donors (Lipinski definition) is 2. The number of carbonyl (C=O) groups is 2. The molecule has 26 heavy (non-hydrogen) atoms. The second kappa shape index (κ2) is 9.51. The van der Waals surface area contributed by atoms with Gasteiger partial charge in [0.2, 0.25) is 5.91 Å². The highest BCUT2D eigenvalue weighted by Gasteiger charge is 2.19. The predicted octanol–water partition coefficient (Wildman–Crippen LogP) is 0.241. The van der Waals surface area contributed by atoms with Crippen molar-refractivity contribution >= 4 is 17.5 Å². The van der Waals surface area contributed by atoms with E-state index in [0.717, 1.165) is 6.54 Å². The van der Waals surface area contributed by atoms with E-state index in [1.807, 2.05) is 6.07 Å². The molecule has 2 fully saturated rings. The summed E-state index contributed by atoms with van der Waals surface area (Å²) in [6, 6.07) is 7.14. The smallest absolute Gasteiger partial charge is 0.260 e. The van der Waals surface area contributed by atoms with Gasteiger partial charge >= 0.3 is 0 Å². The summed E-state index contributed by atoms with van der Waals surface area (Å²) in [6.07, 6.45) is 0.320. The van der Waals surface area contributed by atoms with Gasteiger partial charge < -0.3 is 29.7 Å². The summed E-state index contributed by atoms with van der Waals surface area (Å²) in [5, 5.41) is 6.11. The molecule has 2 saturated heterocycles. The number of hydrogen-bond acceptors (Lipinski definition) is 6. The number of ether oxygens (including phenoxy) is 3. The lowest BCUT2D eigenvalue weighted by atomic mass is 10.2. The molecule has 1 unspecified atom stereocenters. The first-order valence-electron chi connectivity index (χ1n) is 8.90. The molecule has 0 bridgehead atoms. The number of anilines is 1. The van der Waals surface area contributed by atoms with Crippen LogP contribution in [0.5, 0.6) is 5.75 Å². The Bertz CT molecular complexity index is 613. The van der Waals surface area contributed by atoms with Crippen LogP contribution in [0.1, 0.15) is 6.42 Å². The van der Waals surface area contributed by atoms with Crippen LogP contribution in [-0.2, 0) is 19.1 Å². The van der Waals surface area contributed by atoms with Crippen molar-refractivity contribution in [2.45, 2.75) is 12.5 Å². The van der Waals surface area contributed by atoms with Crippen molar-refractivity contribution in [3.05, 3.63) is 24.3 Å². The molecule has 142 valence electrons. The lowest BCUT2D eigenvalue weighted by molar-refractivity contribution is -0.137. The van der Waals surface area contributed by atoms with Gasteiger partial charge in [0.05, 0.1) is 32.1 Å². The fraction of sp³-hybridized carbons (Fsp3) is 0.556. The monoisotopic (exact) mass is 363 g/mol. The molecule has 1 aromatic rings. The number of benzene rings is 1. The number of carbonyl (C=O) groups excluding carboxylic acids is 2. The maximum absolute atomic E-state index is 12.3. The first kappa shape index (κ1) is 18.6. The minimum absolute atomic E-state index is 0.0136. The van der Waals surface area contributed by atoms with Gasteiger partial charge in [0.25, 0.3) is 5.91 Å². The molecular formula is C18H25N3O5. The van der Waals surface area contributed by atoms with Gasteiger partial charge in [-0.1, -0.05) is 12.1 Å². The Hall–Kier alpha value is -2.16. The summed E-state index contributed by atoms with van der Waals surface area (Å²) in [5.74, 6) is 0.275. The first-order chi connectivity index (χ1) is 12.7. The summed E-state index contributed by atoms with van der Waals surface area (Å²) in [6.45, 7) is 4.15. The van der Waals surface area contributed by atoms with Crippen LogP contribution in [0.3, 0.4) is 0 Å². The van der Waals surface area contributed by atoms with Gasteiger partial charge in [0, 0.05) is 32.1 Å². The number of morpholine rings is 2. The van der Waals surface area contributed by atoms with E-state index in [1.54, 1.807) is 23.1 Å². The Labute approximate surface area is 152 Å². The molecule has 8 heteroatoms. The molecule has 1 atom stereocenters. The van der Waals surface area contributed by atoms with Crippen LogP contribution in [0.25, 0.3) is 0 Å². The van der Waals surface area contributed by atoms with E-state index in [9.17, 15) is 9.59 Å². The third-order valence-electron chi connectivity index (χ3n) is 4.31. The summed E-state index contributed by atoms with van der Waals surface area (Å²) >= 11 is 0. The van der Waals surface area contributed by atoms with E-state index in [-0.39, 0.29) is 24.5 Å². The average molecular weight is 363 g/mol. The summed E-state index contributed by atoms with van der Waals surface area (Å²) in [4.78, 5) is 26.2. The molecule has 0 spiro atoms. The molecule has 8 nitrogen and oxygen atoms in total. The van der Waals surface area contributed by atoms with Gasteiger partial charge in [-0.25, -0.2) is 0 Å². The maximum Gasteiger partial charge on any atom is 0.260 e. The Kier molecular flexibility index (Phi) is 6.82. The zero-order valence-electron chi connectivity index (χ0n) is 14.7. The van der Waals surface area contributed by atoms with E-state index in [1.165, 1.54) is 0 Å². The van der Waals surface area contributed by atoms with Crippen LogP contribution >= 0.6 is 0 Å².